The van der Waals surface area contributed by atoms with Crippen molar-refractivity contribution >= 4 is 44.9 Å². The average molecular weight is 271 g/mol. The highest BCUT2D eigenvalue weighted by atomic mass is 79.9. The van der Waals surface area contributed by atoms with E-state index in [-0.39, 0.29) is 0 Å². The summed E-state index contributed by atoms with van der Waals surface area (Å²) in [5.41, 5.74) is 0.733. The van der Waals surface area contributed by atoms with Gasteiger partial charge in [0.25, 0.3) is 0 Å². The summed E-state index contributed by atoms with van der Waals surface area (Å²) in [5, 5.41) is 0.943. The van der Waals surface area contributed by atoms with Gasteiger partial charge in [-0.05, 0) is 40.4 Å². The normalized spacial score (nSPS) is 10.7. The molecular weight excluding hydrogens is 264 g/mol. The van der Waals surface area contributed by atoms with Gasteiger partial charge in [0, 0.05) is 10.3 Å². The first kappa shape index (κ1) is 9.80. The number of furan rings is 1. The molecule has 0 aliphatic rings. The maximum absolute atomic E-state index is 10.6. The molecule has 0 aliphatic heterocycles. The number of benzene rings is 1. The lowest BCUT2D eigenvalue weighted by atomic mass is 10.2. The molecule has 0 spiro atoms. The molecular formula is C10H7BrO2S. The number of thioether (sulfide) groups is 1. The van der Waals surface area contributed by atoms with Gasteiger partial charge >= 0.3 is 0 Å². The standard InChI is InChI=1S/C10H7BrO2S/c1-14-6-2-3-8-7(4-6)10(11)9(5-12)13-8/h2-5H,1H3. The number of halogens is 1. The SMILES string of the molecule is CSc1ccc2oc(C=O)c(Br)c2c1. The zero-order valence-electron chi connectivity index (χ0n) is 7.41. The van der Waals surface area contributed by atoms with Gasteiger partial charge in [0.2, 0.25) is 0 Å². The zero-order chi connectivity index (χ0) is 10.1. The van der Waals surface area contributed by atoms with Crippen LogP contribution in [0.5, 0.6) is 0 Å². The van der Waals surface area contributed by atoms with Crippen molar-refractivity contribution in [3.05, 3.63) is 28.4 Å². The third-order valence-electron chi connectivity index (χ3n) is 1.97. The molecule has 0 unspecified atom stereocenters. The Bertz CT molecular complexity index is 490. The van der Waals surface area contributed by atoms with Crippen LogP contribution in [0.15, 0.2) is 32.0 Å². The molecule has 4 heteroatoms. The molecule has 0 atom stereocenters. The fourth-order valence-electron chi connectivity index (χ4n) is 1.27. The minimum absolute atomic E-state index is 0.346. The first-order chi connectivity index (χ1) is 6.76. The van der Waals surface area contributed by atoms with Crippen molar-refractivity contribution in [3.63, 3.8) is 0 Å². The number of aldehydes is 1. The van der Waals surface area contributed by atoms with E-state index in [2.05, 4.69) is 15.9 Å². The molecule has 1 heterocycles. The highest BCUT2D eigenvalue weighted by Gasteiger charge is 2.10. The zero-order valence-corrected chi connectivity index (χ0v) is 9.81. The lowest BCUT2D eigenvalue weighted by Gasteiger charge is -1.94. The van der Waals surface area contributed by atoms with Crippen molar-refractivity contribution in [2.24, 2.45) is 0 Å². The van der Waals surface area contributed by atoms with Crippen LogP contribution in [0, 0.1) is 0 Å². The first-order valence-electron chi connectivity index (χ1n) is 3.97. The van der Waals surface area contributed by atoms with Crippen LogP contribution in [0.3, 0.4) is 0 Å². The molecule has 2 aromatic rings. The van der Waals surface area contributed by atoms with Crippen molar-refractivity contribution in [1.29, 1.82) is 0 Å². The Labute approximate surface area is 93.8 Å². The summed E-state index contributed by atoms with van der Waals surface area (Å²) in [6.07, 6.45) is 2.72. The van der Waals surface area contributed by atoms with E-state index in [1.165, 1.54) is 0 Å². The Balaban J connectivity index is 2.74. The largest absolute Gasteiger partial charge is 0.452 e. The van der Waals surface area contributed by atoms with E-state index in [0.717, 1.165) is 20.3 Å². The second-order valence-electron chi connectivity index (χ2n) is 2.76. The van der Waals surface area contributed by atoms with Crippen LogP contribution in [0.25, 0.3) is 11.0 Å². The van der Waals surface area contributed by atoms with Crippen molar-refractivity contribution in [2.75, 3.05) is 6.26 Å². The lowest BCUT2D eigenvalue weighted by Crippen LogP contribution is -1.72. The fourth-order valence-corrected chi connectivity index (χ4v) is 2.19. The smallest absolute Gasteiger partial charge is 0.186 e. The fraction of sp³-hybridized carbons (Fsp3) is 0.100. The van der Waals surface area contributed by atoms with E-state index in [0.29, 0.717) is 12.0 Å². The number of rotatable bonds is 2. The summed E-state index contributed by atoms with van der Waals surface area (Å²) in [6, 6.07) is 5.84. The van der Waals surface area contributed by atoms with Gasteiger partial charge in [-0.25, -0.2) is 0 Å². The third kappa shape index (κ3) is 1.48. The molecule has 14 heavy (non-hydrogen) atoms. The van der Waals surface area contributed by atoms with Gasteiger partial charge in [0.1, 0.15) is 5.58 Å². The van der Waals surface area contributed by atoms with Crippen LogP contribution in [-0.4, -0.2) is 12.5 Å². The minimum atomic E-state index is 0.346. The van der Waals surface area contributed by atoms with Crippen molar-refractivity contribution < 1.29 is 9.21 Å². The minimum Gasteiger partial charge on any atom is -0.452 e. The molecule has 2 nitrogen and oxygen atoms in total. The van der Waals surface area contributed by atoms with E-state index in [1.807, 2.05) is 24.5 Å². The van der Waals surface area contributed by atoms with Crippen molar-refractivity contribution in [1.82, 2.24) is 0 Å². The van der Waals surface area contributed by atoms with E-state index in [1.54, 1.807) is 11.8 Å². The third-order valence-corrected chi connectivity index (χ3v) is 3.51. The summed E-state index contributed by atoms with van der Waals surface area (Å²) in [4.78, 5) is 11.8. The molecule has 2 rings (SSSR count). The molecule has 72 valence electrons. The second kappa shape index (κ2) is 3.79. The summed E-state index contributed by atoms with van der Waals surface area (Å²) >= 11 is 5.00. The van der Waals surface area contributed by atoms with Gasteiger partial charge in [-0.15, -0.1) is 11.8 Å². The first-order valence-corrected chi connectivity index (χ1v) is 5.99. The molecule has 0 fully saturated rings. The Morgan fingerprint density at radius 3 is 2.93 bits per heavy atom. The molecule has 0 radical (unpaired) electrons. The topological polar surface area (TPSA) is 30.2 Å². The van der Waals surface area contributed by atoms with Gasteiger partial charge < -0.3 is 4.42 Å². The van der Waals surface area contributed by atoms with Gasteiger partial charge in [-0.2, -0.15) is 0 Å². The maximum atomic E-state index is 10.6. The molecule has 0 N–H and O–H groups in total. The van der Waals surface area contributed by atoms with Crippen LogP contribution in [0.1, 0.15) is 10.6 Å². The summed E-state index contributed by atoms with van der Waals surface area (Å²) in [5.74, 6) is 0.346. The van der Waals surface area contributed by atoms with E-state index in [4.69, 9.17) is 4.42 Å². The second-order valence-corrected chi connectivity index (χ2v) is 4.43. The van der Waals surface area contributed by atoms with Gasteiger partial charge in [0.05, 0.1) is 4.47 Å². The predicted molar refractivity (Wildman–Crippen MR) is 61.1 cm³/mol. The number of hydrogen-bond acceptors (Lipinski definition) is 3. The summed E-state index contributed by atoms with van der Waals surface area (Å²) in [7, 11) is 0. The number of carbonyl (C=O) groups is 1. The molecule has 0 bridgehead atoms. The molecule has 1 aromatic carbocycles. The molecule has 0 saturated carbocycles. The average Bonchev–Trinajstić information content (AvgIpc) is 2.55. The monoisotopic (exact) mass is 270 g/mol. The summed E-state index contributed by atoms with van der Waals surface area (Å²) < 4.78 is 6.06. The van der Waals surface area contributed by atoms with E-state index < -0.39 is 0 Å². The van der Waals surface area contributed by atoms with Gasteiger partial charge in [-0.3, -0.25) is 4.79 Å². The van der Waals surface area contributed by atoms with Crippen LogP contribution in [-0.2, 0) is 0 Å². The molecule has 0 amide bonds. The van der Waals surface area contributed by atoms with Crippen molar-refractivity contribution in [2.45, 2.75) is 4.90 Å². The van der Waals surface area contributed by atoms with E-state index in [9.17, 15) is 4.79 Å². The van der Waals surface area contributed by atoms with Crippen LogP contribution in [0.2, 0.25) is 0 Å². The lowest BCUT2D eigenvalue weighted by molar-refractivity contribution is 0.110. The van der Waals surface area contributed by atoms with Gasteiger partial charge in [0.15, 0.2) is 12.0 Å². The predicted octanol–water partition coefficient (Wildman–Crippen LogP) is 3.73. The Morgan fingerprint density at radius 2 is 2.29 bits per heavy atom. The number of hydrogen-bond donors (Lipinski definition) is 0. The molecule has 0 aliphatic carbocycles. The number of fused-ring (bicyclic) bond motifs is 1. The van der Waals surface area contributed by atoms with Crippen LogP contribution in [0.4, 0.5) is 0 Å². The highest BCUT2D eigenvalue weighted by Crippen LogP contribution is 2.32. The Hall–Kier alpha value is -0.740. The Morgan fingerprint density at radius 1 is 1.50 bits per heavy atom. The Kier molecular flexibility index (Phi) is 2.65. The van der Waals surface area contributed by atoms with Crippen LogP contribution < -0.4 is 0 Å². The van der Waals surface area contributed by atoms with Gasteiger partial charge in [-0.1, -0.05) is 0 Å². The van der Waals surface area contributed by atoms with Crippen LogP contribution >= 0.6 is 27.7 Å². The highest BCUT2D eigenvalue weighted by molar-refractivity contribution is 9.10. The number of carbonyl (C=O) groups excluding carboxylic acids is 1. The van der Waals surface area contributed by atoms with E-state index >= 15 is 0 Å². The quantitative estimate of drug-likeness (QED) is 0.615. The maximum Gasteiger partial charge on any atom is 0.186 e. The molecule has 1 aromatic heterocycles. The summed E-state index contributed by atoms with van der Waals surface area (Å²) in [6.45, 7) is 0. The molecule has 0 saturated heterocycles. The van der Waals surface area contributed by atoms with Crippen molar-refractivity contribution in [3.8, 4) is 0 Å².